The number of rotatable bonds is 7. The van der Waals surface area contributed by atoms with Gasteiger partial charge in [0.25, 0.3) is 0 Å². The van der Waals surface area contributed by atoms with Crippen LogP contribution in [-0.4, -0.2) is 23.6 Å². The molecule has 0 aliphatic rings. The van der Waals surface area contributed by atoms with Gasteiger partial charge >= 0.3 is 0 Å². The van der Waals surface area contributed by atoms with Crippen LogP contribution in [0.2, 0.25) is 5.02 Å². The summed E-state index contributed by atoms with van der Waals surface area (Å²) >= 11 is 5.78. The molecule has 0 spiro atoms. The molecule has 0 bridgehead atoms. The molecule has 26 heavy (non-hydrogen) atoms. The summed E-state index contributed by atoms with van der Waals surface area (Å²) in [5.74, 6) is 1.48. The molecule has 0 aliphatic heterocycles. The Balaban J connectivity index is 1.61. The number of anilines is 3. The Morgan fingerprint density at radius 2 is 2.00 bits per heavy atom. The predicted octanol–water partition coefficient (Wildman–Crippen LogP) is 4.68. The zero-order chi connectivity index (χ0) is 18.4. The second-order valence-corrected chi connectivity index (χ2v) is 5.92. The lowest BCUT2D eigenvalue weighted by Gasteiger charge is -2.10. The number of para-hydroxylation sites is 1. The summed E-state index contributed by atoms with van der Waals surface area (Å²) < 4.78 is 18.6. The van der Waals surface area contributed by atoms with Crippen molar-refractivity contribution in [1.29, 1.82) is 0 Å². The Morgan fingerprint density at radius 1 is 1.15 bits per heavy atom. The van der Waals surface area contributed by atoms with E-state index in [1.54, 1.807) is 25.4 Å². The fourth-order valence-electron chi connectivity index (χ4n) is 2.46. The average Bonchev–Trinajstić information content (AvgIpc) is 2.65. The summed E-state index contributed by atoms with van der Waals surface area (Å²) in [5.41, 5.74) is 1.73. The molecule has 1 aromatic heterocycles. The maximum Gasteiger partial charge on any atom is 0.229 e. The summed E-state index contributed by atoms with van der Waals surface area (Å²) in [4.78, 5) is 8.55. The molecule has 3 rings (SSSR count). The Hall–Kier alpha value is -2.86. The summed E-state index contributed by atoms with van der Waals surface area (Å²) in [6, 6.07) is 14.0. The highest BCUT2D eigenvalue weighted by Crippen LogP contribution is 2.22. The molecule has 0 fully saturated rings. The number of nitrogens with zero attached hydrogens (tertiary/aromatic N) is 2. The molecular weight excluding hydrogens is 355 g/mol. The van der Waals surface area contributed by atoms with Crippen molar-refractivity contribution in [1.82, 2.24) is 9.97 Å². The third-order valence-corrected chi connectivity index (χ3v) is 4.01. The van der Waals surface area contributed by atoms with Gasteiger partial charge in [0.2, 0.25) is 5.95 Å². The van der Waals surface area contributed by atoms with Crippen LogP contribution in [0.25, 0.3) is 0 Å². The summed E-state index contributed by atoms with van der Waals surface area (Å²) in [6.07, 6.45) is 2.44. The lowest BCUT2D eigenvalue weighted by Crippen LogP contribution is -2.08. The molecule has 0 amide bonds. The van der Waals surface area contributed by atoms with Crippen molar-refractivity contribution in [3.8, 4) is 5.75 Å². The first kappa shape index (κ1) is 17.9. The first-order chi connectivity index (χ1) is 12.7. The first-order valence-electron chi connectivity index (χ1n) is 8.06. The summed E-state index contributed by atoms with van der Waals surface area (Å²) in [5, 5.41) is 6.31. The van der Waals surface area contributed by atoms with Gasteiger partial charge in [-0.05, 0) is 42.3 Å². The average molecular weight is 373 g/mol. The molecule has 0 radical (unpaired) electrons. The van der Waals surface area contributed by atoms with Crippen molar-refractivity contribution < 1.29 is 9.13 Å². The second kappa shape index (κ2) is 8.49. The van der Waals surface area contributed by atoms with E-state index in [1.165, 1.54) is 12.1 Å². The molecule has 0 saturated heterocycles. The van der Waals surface area contributed by atoms with Crippen LogP contribution in [0.3, 0.4) is 0 Å². The van der Waals surface area contributed by atoms with Crippen molar-refractivity contribution in [3.05, 3.63) is 71.1 Å². The Morgan fingerprint density at radius 3 is 2.81 bits per heavy atom. The van der Waals surface area contributed by atoms with Crippen molar-refractivity contribution >= 4 is 29.1 Å². The zero-order valence-electron chi connectivity index (χ0n) is 14.2. The van der Waals surface area contributed by atoms with Crippen LogP contribution in [0.5, 0.6) is 5.75 Å². The van der Waals surface area contributed by atoms with E-state index < -0.39 is 5.82 Å². The van der Waals surface area contributed by atoms with Crippen LogP contribution >= 0.6 is 11.6 Å². The number of hydrogen-bond donors (Lipinski definition) is 2. The van der Waals surface area contributed by atoms with Crippen LogP contribution < -0.4 is 15.4 Å². The van der Waals surface area contributed by atoms with E-state index in [0.29, 0.717) is 24.0 Å². The number of ether oxygens (including phenoxy) is 1. The Bertz CT molecular complexity index is 891. The highest BCUT2D eigenvalue weighted by atomic mass is 35.5. The van der Waals surface area contributed by atoms with Crippen LogP contribution in [0.15, 0.2) is 54.7 Å². The molecule has 5 nitrogen and oxygen atoms in total. The van der Waals surface area contributed by atoms with Gasteiger partial charge in [-0.25, -0.2) is 9.37 Å². The number of halogens is 2. The van der Waals surface area contributed by atoms with Gasteiger partial charge in [0.15, 0.2) is 0 Å². The minimum atomic E-state index is -0.468. The third kappa shape index (κ3) is 4.61. The first-order valence-corrected chi connectivity index (χ1v) is 8.44. The van der Waals surface area contributed by atoms with Gasteiger partial charge in [-0.3, -0.25) is 0 Å². The number of methoxy groups -OCH3 is 1. The molecule has 2 aromatic carbocycles. The van der Waals surface area contributed by atoms with Crippen molar-refractivity contribution in [2.24, 2.45) is 0 Å². The summed E-state index contributed by atoms with van der Waals surface area (Å²) in [6.45, 7) is 0.694. The molecular formula is C19H18ClFN4O. The number of aromatic nitrogens is 2. The smallest absolute Gasteiger partial charge is 0.229 e. The Kier molecular flexibility index (Phi) is 5.86. The number of hydrogen-bond acceptors (Lipinski definition) is 5. The zero-order valence-corrected chi connectivity index (χ0v) is 14.9. The van der Waals surface area contributed by atoms with Crippen LogP contribution in [-0.2, 0) is 6.42 Å². The van der Waals surface area contributed by atoms with E-state index in [-0.39, 0.29) is 5.02 Å². The predicted molar refractivity (Wildman–Crippen MR) is 102 cm³/mol. The van der Waals surface area contributed by atoms with Gasteiger partial charge in [0, 0.05) is 18.4 Å². The fourth-order valence-corrected chi connectivity index (χ4v) is 2.64. The molecule has 0 unspecified atom stereocenters. The van der Waals surface area contributed by atoms with E-state index in [1.807, 2.05) is 24.3 Å². The number of nitrogens with one attached hydrogen (secondary N) is 2. The van der Waals surface area contributed by atoms with Crippen LogP contribution in [0, 0.1) is 5.82 Å². The second-order valence-electron chi connectivity index (χ2n) is 5.51. The van der Waals surface area contributed by atoms with E-state index in [9.17, 15) is 4.39 Å². The van der Waals surface area contributed by atoms with Gasteiger partial charge in [0.1, 0.15) is 17.4 Å². The quantitative estimate of drug-likeness (QED) is 0.630. The topological polar surface area (TPSA) is 59.1 Å². The monoisotopic (exact) mass is 372 g/mol. The molecule has 0 saturated carbocycles. The van der Waals surface area contributed by atoms with Gasteiger partial charge < -0.3 is 15.4 Å². The fraction of sp³-hybridized carbons (Fsp3) is 0.158. The minimum absolute atomic E-state index is 0.0427. The van der Waals surface area contributed by atoms with Crippen LogP contribution in [0.1, 0.15) is 5.56 Å². The van der Waals surface area contributed by atoms with Gasteiger partial charge in [-0.1, -0.05) is 29.8 Å². The Labute approximate surface area is 156 Å². The molecule has 134 valence electrons. The van der Waals surface area contributed by atoms with Crippen molar-refractivity contribution in [2.75, 3.05) is 24.3 Å². The number of benzene rings is 2. The lowest BCUT2D eigenvalue weighted by atomic mass is 10.1. The van der Waals surface area contributed by atoms with E-state index >= 15 is 0 Å². The maximum absolute atomic E-state index is 13.2. The standard InChI is InChI=1S/C19H18ClFN4O/c1-26-17-5-3-2-4-13(17)8-10-22-18-9-11-23-19(25-18)24-14-6-7-16(21)15(20)12-14/h2-7,9,11-12H,8,10H2,1H3,(H2,22,23,24,25). The minimum Gasteiger partial charge on any atom is -0.496 e. The molecule has 2 N–H and O–H groups in total. The SMILES string of the molecule is COc1ccccc1CCNc1ccnc(Nc2ccc(F)c(Cl)c2)n1. The third-order valence-electron chi connectivity index (χ3n) is 3.72. The molecule has 0 aliphatic carbocycles. The van der Waals surface area contributed by atoms with Gasteiger partial charge in [-0.15, -0.1) is 0 Å². The van der Waals surface area contributed by atoms with Gasteiger partial charge in [0.05, 0.1) is 12.1 Å². The van der Waals surface area contributed by atoms with E-state index in [0.717, 1.165) is 17.7 Å². The molecule has 3 aromatic rings. The molecule has 0 atom stereocenters. The summed E-state index contributed by atoms with van der Waals surface area (Å²) in [7, 11) is 1.66. The van der Waals surface area contributed by atoms with E-state index in [2.05, 4.69) is 20.6 Å². The van der Waals surface area contributed by atoms with Crippen molar-refractivity contribution in [3.63, 3.8) is 0 Å². The maximum atomic E-state index is 13.2. The molecule has 1 heterocycles. The van der Waals surface area contributed by atoms with Crippen LogP contribution in [0.4, 0.5) is 21.8 Å². The highest BCUT2D eigenvalue weighted by molar-refractivity contribution is 6.31. The van der Waals surface area contributed by atoms with E-state index in [4.69, 9.17) is 16.3 Å². The van der Waals surface area contributed by atoms with Gasteiger partial charge in [-0.2, -0.15) is 4.98 Å². The largest absolute Gasteiger partial charge is 0.496 e. The normalized spacial score (nSPS) is 10.4. The van der Waals surface area contributed by atoms with Crippen molar-refractivity contribution in [2.45, 2.75) is 6.42 Å². The highest BCUT2D eigenvalue weighted by Gasteiger charge is 2.05. The lowest BCUT2D eigenvalue weighted by molar-refractivity contribution is 0.410. The molecule has 7 heteroatoms.